The lowest BCUT2D eigenvalue weighted by molar-refractivity contribution is 0.0696. The lowest BCUT2D eigenvalue weighted by atomic mass is 10.1. The second-order valence-electron chi connectivity index (χ2n) is 2.45. The van der Waals surface area contributed by atoms with Crippen molar-refractivity contribution < 1.29 is 9.90 Å². The van der Waals surface area contributed by atoms with E-state index in [9.17, 15) is 4.79 Å². The van der Waals surface area contributed by atoms with Crippen molar-refractivity contribution in [3.05, 3.63) is 33.8 Å². The number of carboxylic acid groups (broad SMARTS) is 1. The molecule has 0 saturated carbocycles. The van der Waals surface area contributed by atoms with Gasteiger partial charge in [0.2, 0.25) is 0 Å². The Kier molecular flexibility index (Phi) is 4.05. The number of benzene rings is 1. The third-order valence-electron chi connectivity index (χ3n) is 1.51. The molecule has 0 spiro atoms. The van der Waals surface area contributed by atoms with Gasteiger partial charge in [-0.3, -0.25) is 0 Å². The van der Waals surface area contributed by atoms with Crippen LogP contribution in [0.1, 0.15) is 15.9 Å². The van der Waals surface area contributed by atoms with Crippen molar-refractivity contribution in [1.82, 2.24) is 0 Å². The molecule has 1 aromatic rings. The fourth-order valence-corrected chi connectivity index (χ4v) is 1.38. The molecule has 0 unspecified atom stereocenters. The minimum Gasteiger partial charge on any atom is -0.478 e. The second kappa shape index (κ2) is 5.08. The lowest BCUT2D eigenvalue weighted by Crippen LogP contribution is -1.99. The first-order chi connectivity index (χ1) is 6.65. The topological polar surface area (TPSA) is 37.3 Å². The van der Waals surface area contributed by atoms with Crippen LogP contribution in [0.2, 0.25) is 0 Å². The molecule has 0 aliphatic carbocycles. The Bertz CT molecular complexity index is 418. The van der Waals surface area contributed by atoms with Crippen LogP contribution in [-0.4, -0.2) is 16.8 Å². The van der Waals surface area contributed by atoms with Crippen molar-refractivity contribution in [1.29, 1.82) is 0 Å². The van der Waals surface area contributed by atoms with E-state index in [4.69, 9.17) is 5.11 Å². The molecule has 0 aliphatic heterocycles. The highest BCUT2D eigenvalue weighted by atomic mass is 79.9. The number of rotatable bonds is 1. The van der Waals surface area contributed by atoms with Crippen LogP contribution < -0.4 is 0 Å². The minimum atomic E-state index is -0.977. The number of hydrogen-bond donors (Lipinski definition) is 2. The normalized spacial score (nSPS) is 9.00. The van der Waals surface area contributed by atoms with Crippen molar-refractivity contribution in [2.45, 2.75) is 0 Å². The average Bonchev–Trinajstić information content (AvgIpc) is 2.15. The van der Waals surface area contributed by atoms with Crippen molar-refractivity contribution in [3.8, 4) is 11.8 Å². The van der Waals surface area contributed by atoms with E-state index < -0.39 is 5.97 Å². The van der Waals surface area contributed by atoms with E-state index in [1.54, 1.807) is 12.1 Å². The molecule has 0 radical (unpaired) electrons. The first-order valence-corrected chi connectivity index (χ1v) is 5.20. The Balaban J connectivity index is 3.22. The molecule has 0 amide bonds. The van der Waals surface area contributed by atoms with Gasteiger partial charge in [0.15, 0.2) is 0 Å². The number of hydrogen-bond acceptors (Lipinski definition) is 2. The number of carbonyl (C=O) groups is 1. The Hall–Kier alpha value is -0.920. The highest BCUT2D eigenvalue weighted by Gasteiger charge is 2.08. The van der Waals surface area contributed by atoms with E-state index in [-0.39, 0.29) is 5.56 Å². The maximum absolute atomic E-state index is 10.8. The number of thiol groups is 1. The summed E-state index contributed by atoms with van der Waals surface area (Å²) in [5.74, 6) is 4.89. The van der Waals surface area contributed by atoms with Crippen LogP contribution in [0.3, 0.4) is 0 Å². The van der Waals surface area contributed by atoms with Crippen LogP contribution in [0, 0.1) is 11.8 Å². The van der Waals surface area contributed by atoms with Gasteiger partial charge in [-0.15, -0.1) is 0 Å². The van der Waals surface area contributed by atoms with Gasteiger partial charge in [-0.2, -0.15) is 12.6 Å². The predicted octanol–water partition coefficient (Wildman–Crippen LogP) is 2.43. The molecule has 0 atom stereocenters. The van der Waals surface area contributed by atoms with Gasteiger partial charge < -0.3 is 5.11 Å². The molecule has 14 heavy (non-hydrogen) atoms. The molecule has 1 aromatic carbocycles. The van der Waals surface area contributed by atoms with Crippen molar-refractivity contribution >= 4 is 34.5 Å². The van der Waals surface area contributed by atoms with Crippen LogP contribution in [0.5, 0.6) is 0 Å². The van der Waals surface area contributed by atoms with E-state index in [0.29, 0.717) is 11.3 Å². The summed E-state index contributed by atoms with van der Waals surface area (Å²) in [6.45, 7) is 0. The van der Waals surface area contributed by atoms with Crippen LogP contribution >= 0.6 is 28.6 Å². The molecule has 2 nitrogen and oxygen atoms in total. The average molecular weight is 271 g/mol. The SMILES string of the molecule is O=C(O)c1cc(Br)ccc1C#CCS. The number of halogens is 1. The number of aromatic carboxylic acids is 1. The lowest BCUT2D eigenvalue weighted by Gasteiger charge is -1.99. The summed E-state index contributed by atoms with van der Waals surface area (Å²) >= 11 is 7.13. The molecule has 0 bridgehead atoms. The van der Waals surface area contributed by atoms with Crippen LogP contribution in [0.4, 0.5) is 0 Å². The maximum atomic E-state index is 10.8. The molecular formula is C10H7BrO2S. The van der Waals surface area contributed by atoms with Gasteiger partial charge in [0, 0.05) is 10.0 Å². The van der Waals surface area contributed by atoms with E-state index in [2.05, 4.69) is 40.4 Å². The van der Waals surface area contributed by atoms with E-state index in [1.165, 1.54) is 6.07 Å². The molecular weight excluding hydrogens is 264 g/mol. The molecule has 0 saturated heterocycles. The predicted molar refractivity (Wildman–Crippen MR) is 61.8 cm³/mol. The van der Waals surface area contributed by atoms with E-state index in [0.717, 1.165) is 4.47 Å². The quantitative estimate of drug-likeness (QED) is 0.608. The van der Waals surface area contributed by atoms with Crippen LogP contribution in [0.15, 0.2) is 22.7 Å². The molecule has 72 valence electrons. The zero-order valence-electron chi connectivity index (χ0n) is 7.12. The highest BCUT2D eigenvalue weighted by Crippen LogP contribution is 2.16. The zero-order chi connectivity index (χ0) is 10.6. The Morgan fingerprint density at radius 1 is 1.57 bits per heavy atom. The largest absolute Gasteiger partial charge is 0.478 e. The van der Waals surface area contributed by atoms with Crippen LogP contribution in [0.25, 0.3) is 0 Å². The van der Waals surface area contributed by atoms with Crippen molar-refractivity contribution in [2.24, 2.45) is 0 Å². The summed E-state index contributed by atoms with van der Waals surface area (Å²) in [7, 11) is 0. The summed E-state index contributed by atoms with van der Waals surface area (Å²) in [4.78, 5) is 10.8. The minimum absolute atomic E-state index is 0.202. The molecule has 0 aromatic heterocycles. The third kappa shape index (κ3) is 2.79. The highest BCUT2D eigenvalue weighted by molar-refractivity contribution is 9.10. The standard InChI is InChI=1S/C10H7BrO2S/c11-8-4-3-7(2-1-5-14)9(6-8)10(12)13/h3-4,6,14H,5H2,(H,12,13). The smallest absolute Gasteiger partial charge is 0.337 e. The summed E-state index contributed by atoms with van der Waals surface area (Å²) < 4.78 is 0.728. The monoisotopic (exact) mass is 270 g/mol. The zero-order valence-corrected chi connectivity index (χ0v) is 9.60. The molecule has 0 aliphatic rings. The fourth-order valence-electron chi connectivity index (χ4n) is 0.937. The summed E-state index contributed by atoms with van der Waals surface area (Å²) in [6.07, 6.45) is 0. The summed E-state index contributed by atoms with van der Waals surface area (Å²) in [5.41, 5.74) is 0.711. The Morgan fingerprint density at radius 2 is 2.29 bits per heavy atom. The summed E-state index contributed by atoms with van der Waals surface area (Å²) in [6, 6.07) is 4.96. The van der Waals surface area contributed by atoms with Gasteiger partial charge in [0.05, 0.1) is 11.3 Å². The van der Waals surface area contributed by atoms with Gasteiger partial charge in [-0.25, -0.2) is 4.79 Å². The van der Waals surface area contributed by atoms with Crippen molar-refractivity contribution in [3.63, 3.8) is 0 Å². The molecule has 1 rings (SSSR count). The van der Waals surface area contributed by atoms with Gasteiger partial charge in [-0.1, -0.05) is 27.8 Å². The molecule has 0 fully saturated rings. The van der Waals surface area contributed by atoms with Gasteiger partial charge in [0.1, 0.15) is 0 Å². The molecule has 4 heteroatoms. The van der Waals surface area contributed by atoms with E-state index >= 15 is 0 Å². The van der Waals surface area contributed by atoms with Gasteiger partial charge in [-0.05, 0) is 18.2 Å². The fraction of sp³-hybridized carbons (Fsp3) is 0.100. The molecule has 0 heterocycles. The maximum Gasteiger partial charge on any atom is 0.337 e. The third-order valence-corrected chi connectivity index (χ3v) is 2.17. The first-order valence-electron chi connectivity index (χ1n) is 3.77. The molecule has 1 N–H and O–H groups in total. The first kappa shape index (κ1) is 11.2. The van der Waals surface area contributed by atoms with Crippen LogP contribution in [-0.2, 0) is 0 Å². The number of carboxylic acids is 1. The van der Waals surface area contributed by atoms with Gasteiger partial charge in [0.25, 0.3) is 0 Å². The van der Waals surface area contributed by atoms with Crippen molar-refractivity contribution in [2.75, 3.05) is 5.75 Å². The summed E-state index contributed by atoms with van der Waals surface area (Å²) in [5, 5.41) is 8.88. The second-order valence-corrected chi connectivity index (χ2v) is 3.69. The van der Waals surface area contributed by atoms with E-state index in [1.807, 2.05) is 0 Å². The Labute approximate surface area is 95.9 Å². The Morgan fingerprint density at radius 3 is 2.86 bits per heavy atom. The van der Waals surface area contributed by atoms with Gasteiger partial charge >= 0.3 is 5.97 Å².